The van der Waals surface area contributed by atoms with Crippen LogP contribution in [-0.2, 0) is 9.47 Å². The number of unbranched alkanes of at least 4 members (excludes halogenated alkanes) is 6. The number of hydrogen-bond acceptors (Lipinski definition) is 4. The normalized spacial score (nSPS) is 20.5. The van der Waals surface area contributed by atoms with E-state index in [4.69, 9.17) is 9.47 Å². The molecule has 4 heteroatoms. The van der Waals surface area contributed by atoms with E-state index in [-0.39, 0.29) is 6.29 Å². The molecule has 0 aromatic heterocycles. The first-order valence-electron chi connectivity index (χ1n) is 9.24. The molecule has 3 nitrogen and oxygen atoms in total. The quantitative estimate of drug-likeness (QED) is 0.286. The van der Waals surface area contributed by atoms with Crippen LogP contribution in [0.1, 0.15) is 70.1 Å². The maximum atomic E-state index is 5.90. The number of isothiocyanates is 1. The molecule has 0 unspecified atom stereocenters. The maximum Gasteiger partial charge on any atom is 0.183 e. The second-order valence-corrected chi connectivity index (χ2v) is 6.75. The average Bonchev–Trinajstić information content (AvgIpc) is 2.62. The summed E-state index contributed by atoms with van der Waals surface area (Å²) in [6.45, 7) is 3.85. The summed E-state index contributed by atoms with van der Waals surface area (Å²) in [5.41, 5.74) is 1.84. The number of ether oxygens (including phenoxy) is 2. The highest BCUT2D eigenvalue weighted by atomic mass is 32.1. The molecular formula is C20H29NO2S. The zero-order valence-corrected chi connectivity index (χ0v) is 15.5. The van der Waals surface area contributed by atoms with Gasteiger partial charge >= 0.3 is 0 Å². The van der Waals surface area contributed by atoms with Gasteiger partial charge in [-0.05, 0) is 30.8 Å². The summed E-state index contributed by atoms with van der Waals surface area (Å²) in [5, 5.41) is 2.37. The molecule has 0 bridgehead atoms. The largest absolute Gasteiger partial charge is 0.348 e. The number of rotatable bonds is 10. The van der Waals surface area contributed by atoms with E-state index < -0.39 is 0 Å². The van der Waals surface area contributed by atoms with Crippen molar-refractivity contribution in [3.63, 3.8) is 0 Å². The van der Waals surface area contributed by atoms with Crippen LogP contribution in [0, 0.1) is 5.92 Å². The van der Waals surface area contributed by atoms with E-state index in [0.717, 1.165) is 24.5 Å². The number of nitrogens with zero attached hydrogens (tertiary/aromatic N) is 1. The monoisotopic (exact) mass is 347 g/mol. The van der Waals surface area contributed by atoms with Crippen molar-refractivity contribution in [2.24, 2.45) is 10.9 Å². The van der Waals surface area contributed by atoms with Gasteiger partial charge in [0.2, 0.25) is 0 Å². The minimum atomic E-state index is -0.249. The van der Waals surface area contributed by atoms with Crippen LogP contribution in [0.15, 0.2) is 29.3 Å². The highest BCUT2D eigenvalue weighted by Crippen LogP contribution is 2.28. The maximum absolute atomic E-state index is 5.90. The molecule has 0 radical (unpaired) electrons. The minimum Gasteiger partial charge on any atom is -0.348 e. The lowest BCUT2D eigenvalue weighted by Gasteiger charge is -2.29. The first-order valence-corrected chi connectivity index (χ1v) is 9.65. The van der Waals surface area contributed by atoms with Crippen molar-refractivity contribution in [1.29, 1.82) is 0 Å². The molecule has 1 fully saturated rings. The fraction of sp³-hybridized carbons (Fsp3) is 0.650. The van der Waals surface area contributed by atoms with Gasteiger partial charge in [0.15, 0.2) is 6.29 Å². The van der Waals surface area contributed by atoms with Crippen LogP contribution in [0.2, 0.25) is 0 Å². The van der Waals surface area contributed by atoms with Crippen LogP contribution in [-0.4, -0.2) is 18.4 Å². The van der Waals surface area contributed by atoms with Crippen molar-refractivity contribution in [1.82, 2.24) is 0 Å². The molecule has 0 N–H and O–H groups in total. The van der Waals surface area contributed by atoms with Crippen LogP contribution >= 0.6 is 12.2 Å². The van der Waals surface area contributed by atoms with E-state index in [1.165, 1.54) is 51.4 Å². The summed E-state index contributed by atoms with van der Waals surface area (Å²) in [7, 11) is 0. The molecule has 0 spiro atoms. The van der Waals surface area contributed by atoms with Crippen molar-refractivity contribution < 1.29 is 9.47 Å². The summed E-state index contributed by atoms with van der Waals surface area (Å²) in [6.07, 6.45) is 10.4. The zero-order valence-electron chi connectivity index (χ0n) is 14.7. The van der Waals surface area contributed by atoms with Gasteiger partial charge in [0.25, 0.3) is 0 Å². The Morgan fingerprint density at radius 2 is 1.62 bits per heavy atom. The lowest BCUT2D eigenvalue weighted by molar-refractivity contribution is -0.206. The van der Waals surface area contributed by atoms with Gasteiger partial charge in [0, 0.05) is 11.5 Å². The van der Waals surface area contributed by atoms with Gasteiger partial charge in [-0.3, -0.25) is 0 Å². The Morgan fingerprint density at radius 3 is 2.25 bits per heavy atom. The van der Waals surface area contributed by atoms with Gasteiger partial charge in [0.05, 0.1) is 24.1 Å². The third-order valence-electron chi connectivity index (χ3n) is 4.52. The summed E-state index contributed by atoms with van der Waals surface area (Å²) in [5.74, 6) is 0.538. The van der Waals surface area contributed by atoms with Crippen LogP contribution in [0.3, 0.4) is 0 Å². The van der Waals surface area contributed by atoms with Gasteiger partial charge in [-0.15, -0.1) is 0 Å². The lowest BCUT2D eigenvalue weighted by atomic mass is 10.0. The number of benzene rings is 1. The van der Waals surface area contributed by atoms with Crippen molar-refractivity contribution in [3.8, 4) is 0 Å². The summed E-state index contributed by atoms with van der Waals surface area (Å²) in [6, 6.07) is 7.78. The van der Waals surface area contributed by atoms with Crippen molar-refractivity contribution in [2.75, 3.05) is 13.2 Å². The molecule has 1 saturated heterocycles. The topological polar surface area (TPSA) is 30.8 Å². The average molecular weight is 348 g/mol. The zero-order chi connectivity index (χ0) is 17.0. The molecule has 1 aliphatic heterocycles. The van der Waals surface area contributed by atoms with Gasteiger partial charge in [-0.1, -0.05) is 64.0 Å². The number of hydrogen-bond donors (Lipinski definition) is 0. The summed E-state index contributed by atoms with van der Waals surface area (Å²) in [4.78, 5) is 3.95. The summed E-state index contributed by atoms with van der Waals surface area (Å²) < 4.78 is 11.8. The Labute approximate surface area is 151 Å². The van der Waals surface area contributed by atoms with Crippen molar-refractivity contribution in [2.45, 2.75) is 64.6 Å². The Morgan fingerprint density at radius 1 is 1.00 bits per heavy atom. The van der Waals surface area contributed by atoms with Gasteiger partial charge in [-0.25, -0.2) is 0 Å². The van der Waals surface area contributed by atoms with Gasteiger partial charge < -0.3 is 9.47 Å². The van der Waals surface area contributed by atoms with Gasteiger partial charge in [0.1, 0.15) is 0 Å². The molecule has 0 aliphatic carbocycles. The second-order valence-electron chi connectivity index (χ2n) is 6.57. The Kier molecular flexibility index (Phi) is 9.22. The third kappa shape index (κ3) is 6.82. The van der Waals surface area contributed by atoms with Crippen molar-refractivity contribution >= 4 is 23.1 Å². The van der Waals surface area contributed by atoms with Crippen LogP contribution in [0.25, 0.3) is 0 Å². The van der Waals surface area contributed by atoms with E-state index in [9.17, 15) is 0 Å². The van der Waals surface area contributed by atoms with Crippen LogP contribution in [0.5, 0.6) is 0 Å². The molecule has 1 aromatic rings. The molecule has 24 heavy (non-hydrogen) atoms. The molecule has 0 saturated carbocycles. The van der Waals surface area contributed by atoms with Crippen LogP contribution < -0.4 is 0 Å². The molecule has 1 heterocycles. The third-order valence-corrected chi connectivity index (χ3v) is 4.61. The molecule has 0 atom stereocenters. The Hall–Kier alpha value is -1.06. The van der Waals surface area contributed by atoms with Gasteiger partial charge in [-0.2, -0.15) is 4.99 Å². The van der Waals surface area contributed by atoms with E-state index >= 15 is 0 Å². The van der Waals surface area contributed by atoms with E-state index in [1.54, 1.807) is 0 Å². The number of aliphatic imine (C=N–C) groups is 1. The predicted molar refractivity (Wildman–Crippen MR) is 102 cm³/mol. The van der Waals surface area contributed by atoms with E-state index in [1.807, 2.05) is 24.3 Å². The SMILES string of the molecule is CCCCCCCCC[C@H]1CO[C@H](c2ccc(N=C=S)cc2)OC1. The second kappa shape index (κ2) is 11.5. The Balaban J connectivity index is 1.61. The van der Waals surface area contributed by atoms with E-state index in [0.29, 0.717) is 5.92 Å². The predicted octanol–water partition coefficient (Wildman–Crippen LogP) is 6.22. The minimum absolute atomic E-state index is 0.249. The van der Waals surface area contributed by atoms with Crippen molar-refractivity contribution in [3.05, 3.63) is 29.8 Å². The highest BCUT2D eigenvalue weighted by molar-refractivity contribution is 7.78. The first kappa shape index (κ1) is 19.3. The lowest BCUT2D eigenvalue weighted by Crippen LogP contribution is -2.27. The number of thiocarbonyl (C=S) groups is 1. The first-order chi connectivity index (χ1) is 11.8. The summed E-state index contributed by atoms with van der Waals surface area (Å²) >= 11 is 4.61. The molecule has 1 aliphatic rings. The van der Waals surface area contributed by atoms with E-state index in [2.05, 4.69) is 29.3 Å². The standard InChI is InChI=1S/C20H29NO2S/c1-2-3-4-5-6-7-8-9-17-14-22-20(23-15-17)18-10-12-19(13-11-18)21-16-24/h10-13,17,20H,2-9,14-15H2,1H3/t17-,20-. The fourth-order valence-corrected chi connectivity index (χ4v) is 3.16. The molecule has 2 rings (SSSR count). The molecule has 1 aromatic carbocycles. The fourth-order valence-electron chi connectivity index (χ4n) is 3.05. The molecule has 132 valence electrons. The molecule has 0 amide bonds. The Bertz CT molecular complexity index is 503. The van der Waals surface area contributed by atoms with Crippen LogP contribution in [0.4, 0.5) is 5.69 Å². The highest BCUT2D eigenvalue weighted by Gasteiger charge is 2.23. The molecular weight excluding hydrogens is 318 g/mol. The smallest absolute Gasteiger partial charge is 0.183 e.